The first-order valence-corrected chi connectivity index (χ1v) is 17.6. The van der Waals surface area contributed by atoms with E-state index in [2.05, 4.69) is 94.1 Å². The summed E-state index contributed by atoms with van der Waals surface area (Å²) < 4.78 is 11.0. The van der Waals surface area contributed by atoms with Crippen LogP contribution in [0.15, 0.2) is 174 Å². The second-order valence-electron chi connectivity index (χ2n) is 13.1. The second-order valence-corrected chi connectivity index (χ2v) is 13.1. The Morgan fingerprint density at radius 1 is 0.377 bits per heavy atom. The minimum absolute atomic E-state index is 0.492. The predicted octanol–water partition coefficient (Wildman–Crippen LogP) is 11.2. The van der Waals surface area contributed by atoms with Crippen molar-refractivity contribution in [2.75, 3.05) is 0 Å². The monoisotopic (exact) mass is 680 g/mol. The van der Waals surface area contributed by atoms with Crippen LogP contribution in [-0.2, 0) is 0 Å². The molecule has 0 amide bonds. The SMILES string of the molecule is c1ccc(-c2ccc3nc(-n4c5ccccc5c5ccc6c7ccccc7n(-c7nc(-c8ccccc8)nc(-c8ccccc8)n7)c6c54)oc3c2)cc1. The topological polar surface area (TPSA) is 74.6 Å². The van der Waals surface area contributed by atoms with E-state index in [1.165, 1.54) is 0 Å². The summed E-state index contributed by atoms with van der Waals surface area (Å²) in [6, 6.07) is 58.5. The number of para-hydroxylation sites is 2. The van der Waals surface area contributed by atoms with Gasteiger partial charge >= 0.3 is 6.01 Å². The molecule has 0 unspecified atom stereocenters. The number of fused-ring (bicyclic) bond motifs is 8. The maximum absolute atomic E-state index is 6.71. The molecule has 248 valence electrons. The fourth-order valence-corrected chi connectivity index (χ4v) is 7.62. The molecule has 7 nitrogen and oxygen atoms in total. The normalized spacial score (nSPS) is 11.8. The quantitative estimate of drug-likeness (QED) is 0.181. The van der Waals surface area contributed by atoms with E-state index in [-0.39, 0.29) is 0 Å². The van der Waals surface area contributed by atoms with Gasteiger partial charge in [0.25, 0.3) is 0 Å². The highest BCUT2D eigenvalue weighted by Crippen LogP contribution is 2.42. The Bertz CT molecular complexity index is 3100. The van der Waals surface area contributed by atoms with Crippen molar-refractivity contribution in [2.45, 2.75) is 0 Å². The summed E-state index contributed by atoms with van der Waals surface area (Å²) in [6.07, 6.45) is 0. The smallest absolute Gasteiger partial charge is 0.307 e. The Morgan fingerprint density at radius 2 is 0.887 bits per heavy atom. The Hall–Kier alpha value is -7.38. The first-order valence-electron chi connectivity index (χ1n) is 17.6. The zero-order valence-electron chi connectivity index (χ0n) is 28.3. The van der Waals surface area contributed by atoms with Gasteiger partial charge in [0.05, 0.1) is 22.1 Å². The molecule has 0 saturated heterocycles. The summed E-state index contributed by atoms with van der Waals surface area (Å²) in [5.74, 6) is 1.72. The molecule has 0 bridgehead atoms. The Kier molecular flexibility index (Phi) is 6.42. The molecule has 4 aromatic heterocycles. The molecule has 11 aromatic rings. The van der Waals surface area contributed by atoms with E-state index in [9.17, 15) is 0 Å². The largest absolute Gasteiger partial charge is 0.423 e. The molecule has 7 heteroatoms. The molecular weight excluding hydrogens is 653 g/mol. The molecule has 4 heterocycles. The Morgan fingerprint density at radius 3 is 1.49 bits per heavy atom. The van der Waals surface area contributed by atoms with Crippen LogP contribution in [0.2, 0.25) is 0 Å². The number of rotatable bonds is 5. The van der Waals surface area contributed by atoms with Gasteiger partial charge in [0.1, 0.15) is 5.52 Å². The van der Waals surface area contributed by atoms with Crippen molar-refractivity contribution in [2.24, 2.45) is 0 Å². The fourth-order valence-electron chi connectivity index (χ4n) is 7.62. The number of benzene rings is 7. The summed E-state index contributed by atoms with van der Waals surface area (Å²) in [5.41, 5.74) is 9.42. The molecule has 0 aliphatic heterocycles. The van der Waals surface area contributed by atoms with E-state index < -0.39 is 0 Å². The summed E-state index contributed by atoms with van der Waals surface area (Å²) >= 11 is 0. The molecule has 11 rings (SSSR count). The van der Waals surface area contributed by atoms with Crippen molar-refractivity contribution in [1.82, 2.24) is 29.1 Å². The lowest BCUT2D eigenvalue weighted by atomic mass is 10.1. The molecule has 53 heavy (non-hydrogen) atoms. The van der Waals surface area contributed by atoms with Gasteiger partial charge in [-0.05, 0) is 35.4 Å². The maximum Gasteiger partial charge on any atom is 0.307 e. The van der Waals surface area contributed by atoms with Gasteiger partial charge in [-0.1, -0.05) is 146 Å². The van der Waals surface area contributed by atoms with Crippen LogP contribution >= 0.6 is 0 Å². The van der Waals surface area contributed by atoms with Crippen LogP contribution in [0.5, 0.6) is 0 Å². The standard InChI is InChI=1S/C46H28N6O/c1-4-14-29(15-5-1)32-24-27-37-40(28-32)53-46(47-37)52-39-23-13-11-21-34(39)36-26-25-35-33-20-10-12-22-38(33)51(41(35)42(36)52)45-49-43(30-16-6-2-7-17-30)48-44(50-45)31-18-8-3-9-19-31/h1-28H. The first kappa shape index (κ1) is 29.4. The van der Waals surface area contributed by atoms with Crippen molar-refractivity contribution in [3.05, 3.63) is 170 Å². The van der Waals surface area contributed by atoms with E-state index in [4.69, 9.17) is 24.4 Å². The van der Waals surface area contributed by atoms with Gasteiger partial charge in [-0.3, -0.25) is 9.13 Å². The molecule has 0 atom stereocenters. The van der Waals surface area contributed by atoms with Gasteiger partial charge in [-0.2, -0.15) is 15.0 Å². The number of hydrogen-bond donors (Lipinski definition) is 0. The third-order valence-corrected chi connectivity index (χ3v) is 10.0. The summed E-state index contributed by atoms with van der Waals surface area (Å²) in [6.45, 7) is 0. The molecule has 0 aliphatic carbocycles. The average Bonchev–Trinajstić information content (AvgIpc) is 3.91. The van der Waals surface area contributed by atoms with Gasteiger partial charge < -0.3 is 4.42 Å². The Balaban J connectivity index is 1.25. The lowest BCUT2D eigenvalue weighted by Gasteiger charge is -2.12. The lowest BCUT2D eigenvalue weighted by Crippen LogP contribution is -2.07. The van der Waals surface area contributed by atoms with Crippen LogP contribution in [0.25, 0.3) is 101 Å². The summed E-state index contributed by atoms with van der Waals surface area (Å²) in [7, 11) is 0. The zero-order chi connectivity index (χ0) is 34.9. The highest BCUT2D eigenvalue weighted by atomic mass is 16.4. The van der Waals surface area contributed by atoms with Crippen molar-refractivity contribution in [3.8, 4) is 45.9 Å². The first-order chi connectivity index (χ1) is 26.3. The maximum atomic E-state index is 6.71. The number of oxazole rings is 1. The average molecular weight is 681 g/mol. The predicted molar refractivity (Wildman–Crippen MR) is 212 cm³/mol. The summed E-state index contributed by atoms with van der Waals surface area (Å²) in [5, 5.41) is 4.33. The van der Waals surface area contributed by atoms with E-state index in [1.54, 1.807) is 0 Å². The third-order valence-electron chi connectivity index (χ3n) is 10.0. The van der Waals surface area contributed by atoms with E-state index in [0.29, 0.717) is 23.6 Å². The van der Waals surface area contributed by atoms with Crippen molar-refractivity contribution in [3.63, 3.8) is 0 Å². The van der Waals surface area contributed by atoms with E-state index in [1.807, 2.05) is 84.9 Å². The van der Waals surface area contributed by atoms with Crippen LogP contribution in [0, 0.1) is 0 Å². The van der Waals surface area contributed by atoms with E-state index in [0.717, 1.165) is 77.0 Å². The van der Waals surface area contributed by atoms with Crippen molar-refractivity contribution < 1.29 is 4.42 Å². The van der Waals surface area contributed by atoms with Crippen LogP contribution in [-0.4, -0.2) is 29.1 Å². The molecule has 0 spiro atoms. The van der Waals surface area contributed by atoms with E-state index >= 15 is 0 Å². The molecule has 7 aromatic carbocycles. The van der Waals surface area contributed by atoms with Gasteiger partial charge in [0.15, 0.2) is 17.2 Å². The molecule has 0 aliphatic rings. The minimum Gasteiger partial charge on any atom is -0.423 e. The lowest BCUT2D eigenvalue weighted by molar-refractivity contribution is 0.574. The summed E-state index contributed by atoms with van der Waals surface area (Å²) in [4.78, 5) is 20.5. The molecular formula is C46H28N6O. The van der Waals surface area contributed by atoms with Crippen LogP contribution in [0.3, 0.4) is 0 Å². The van der Waals surface area contributed by atoms with Gasteiger partial charge in [0, 0.05) is 32.7 Å². The van der Waals surface area contributed by atoms with Gasteiger partial charge in [-0.25, -0.2) is 4.98 Å². The Labute approximate surface area is 303 Å². The third kappa shape index (κ3) is 4.61. The molecule has 0 saturated carbocycles. The van der Waals surface area contributed by atoms with Crippen molar-refractivity contribution in [1.29, 1.82) is 0 Å². The highest BCUT2D eigenvalue weighted by Gasteiger charge is 2.25. The molecule has 0 fully saturated rings. The zero-order valence-corrected chi connectivity index (χ0v) is 28.3. The minimum atomic E-state index is 0.492. The second kappa shape index (κ2) is 11.6. The van der Waals surface area contributed by atoms with Crippen LogP contribution < -0.4 is 0 Å². The molecule has 0 radical (unpaired) electrons. The van der Waals surface area contributed by atoms with Crippen LogP contribution in [0.4, 0.5) is 0 Å². The van der Waals surface area contributed by atoms with Crippen LogP contribution in [0.1, 0.15) is 0 Å². The van der Waals surface area contributed by atoms with Gasteiger partial charge in [0.2, 0.25) is 5.95 Å². The number of nitrogens with zero attached hydrogens (tertiary/aromatic N) is 6. The fraction of sp³-hybridized carbons (Fsp3) is 0. The number of aromatic nitrogens is 6. The highest BCUT2D eigenvalue weighted by molar-refractivity contribution is 6.23. The van der Waals surface area contributed by atoms with Crippen molar-refractivity contribution >= 4 is 54.7 Å². The molecule has 0 N–H and O–H groups in total. The van der Waals surface area contributed by atoms with Gasteiger partial charge in [-0.15, -0.1) is 0 Å². The number of hydrogen-bond acceptors (Lipinski definition) is 5.